The molecular formula is C16H18ClN3O. The molecule has 0 unspecified atom stereocenters. The first-order valence-electron chi connectivity index (χ1n) is 7.23. The Balaban J connectivity index is 2.04. The Kier molecular flexibility index (Phi) is 3.97. The lowest BCUT2D eigenvalue weighted by atomic mass is 10.0. The summed E-state index contributed by atoms with van der Waals surface area (Å²) in [6.07, 6.45) is 4.92. The molecule has 0 spiro atoms. The topological polar surface area (TPSA) is 58.0 Å². The smallest absolute Gasteiger partial charge is 0.161 e. The van der Waals surface area contributed by atoms with E-state index in [1.54, 1.807) is 18.2 Å². The summed E-state index contributed by atoms with van der Waals surface area (Å²) < 4.78 is 0. The molecule has 0 atom stereocenters. The minimum atomic E-state index is 0.0706. The number of benzene rings is 1. The molecule has 1 aliphatic carbocycles. The molecule has 2 aromatic rings. The number of rotatable bonds is 3. The zero-order valence-corrected chi connectivity index (χ0v) is 12.7. The fraction of sp³-hybridized carbons (Fsp3) is 0.375. The Morgan fingerprint density at radius 3 is 2.62 bits per heavy atom. The summed E-state index contributed by atoms with van der Waals surface area (Å²) in [4.78, 5) is 9.21. The van der Waals surface area contributed by atoms with E-state index in [0.29, 0.717) is 16.8 Å². The number of nitrogens with zero attached hydrogens (tertiary/aromatic N) is 2. The van der Waals surface area contributed by atoms with Crippen LogP contribution in [0, 0.1) is 0 Å². The van der Waals surface area contributed by atoms with E-state index in [9.17, 15) is 5.11 Å². The average molecular weight is 304 g/mol. The van der Waals surface area contributed by atoms with Crippen molar-refractivity contribution in [3.63, 3.8) is 0 Å². The molecule has 0 amide bonds. The summed E-state index contributed by atoms with van der Waals surface area (Å²) in [6, 6.07) is 7.09. The first-order chi connectivity index (χ1) is 10.2. The Morgan fingerprint density at radius 1 is 1.19 bits per heavy atom. The first kappa shape index (κ1) is 14.1. The number of halogens is 1. The highest BCUT2D eigenvalue weighted by molar-refractivity contribution is 6.32. The summed E-state index contributed by atoms with van der Waals surface area (Å²) in [5, 5.41) is 12.9. The maximum atomic E-state index is 9.53. The van der Waals surface area contributed by atoms with Gasteiger partial charge in [0, 0.05) is 30.3 Å². The van der Waals surface area contributed by atoms with Gasteiger partial charge in [-0.1, -0.05) is 24.4 Å². The summed E-state index contributed by atoms with van der Waals surface area (Å²) in [5.74, 6) is 2.05. The predicted octanol–water partition coefficient (Wildman–Crippen LogP) is 4.20. The SMILES string of the molecule is CNc1cc(C2CCCC2)nc(-c2ccc(O)c(Cl)c2)n1. The molecule has 0 saturated heterocycles. The van der Waals surface area contributed by atoms with Crippen LogP contribution in [0.1, 0.15) is 37.3 Å². The highest BCUT2D eigenvalue weighted by Gasteiger charge is 2.20. The standard InChI is InChI=1S/C16H18ClN3O/c1-18-15-9-13(10-4-2-3-5-10)19-16(20-15)11-6-7-14(21)12(17)8-11/h6-10,21H,2-5H2,1H3,(H,18,19,20). The van der Waals surface area contributed by atoms with Gasteiger partial charge in [0.05, 0.1) is 5.02 Å². The van der Waals surface area contributed by atoms with E-state index in [-0.39, 0.29) is 5.75 Å². The fourth-order valence-electron chi connectivity index (χ4n) is 2.80. The predicted molar refractivity (Wildman–Crippen MR) is 84.9 cm³/mol. The first-order valence-corrected chi connectivity index (χ1v) is 7.61. The van der Waals surface area contributed by atoms with Gasteiger partial charge in [0.2, 0.25) is 0 Å². The monoisotopic (exact) mass is 303 g/mol. The molecule has 1 fully saturated rings. The van der Waals surface area contributed by atoms with Crippen LogP contribution in [0.15, 0.2) is 24.3 Å². The number of hydrogen-bond acceptors (Lipinski definition) is 4. The van der Waals surface area contributed by atoms with Crippen LogP contribution in [-0.4, -0.2) is 22.1 Å². The average Bonchev–Trinajstić information content (AvgIpc) is 3.04. The highest BCUT2D eigenvalue weighted by Crippen LogP contribution is 2.35. The van der Waals surface area contributed by atoms with Gasteiger partial charge in [0.1, 0.15) is 11.6 Å². The number of anilines is 1. The largest absolute Gasteiger partial charge is 0.506 e. The van der Waals surface area contributed by atoms with Gasteiger partial charge in [-0.3, -0.25) is 0 Å². The van der Waals surface area contributed by atoms with Crippen LogP contribution in [0.25, 0.3) is 11.4 Å². The fourth-order valence-corrected chi connectivity index (χ4v) is 2.98. The zero-order chi connectivity index (χ0) is 14.8. The van der Waals surface area contributed by atoms with E-state index < -0.39 is 0 Å². The number of phenolic OH excluding ortho intramolecular Hbond substituents is 1. The van der Waals surface area contributed by atoms with E-state index in [2.05, 4.69) is 10.3 Å². The summed E-state index contributed by atoms with van der Waals surface area (Å²) >= 11 is 5.98. The number of nitrogens with one attached hydrogen (secondary N) is 1. The lowest BCUT2D eigenvalue weighted by molar-refractivity contribution is 0.475. The molecular weight excluding hydrogens is 286 g/mol. The minimum Gasteiger partial charge on any atom is -0.506 e. The molecule has 21 heavy (non-hydrogen) atoms. The molecule has 0 bridgehead atoms. The van der Waals surface area contributed by atoms with Crippen LogP contribution in [-0.2, 0) is 0 Å². The van der Waals surface area contributed by atoms with Crippen molar-refractivity contribution in [1.29, 1.82) is 0 Å². The Hall–Kier alpha value is -1.81. The van der Waals surface area contributed by atoms with Gasteiger partial charge in [-0.05, 0) is 31.0 Å². The van der Waals surface area contributed by atoms with Gasteiger partial charge < -0.3 is 10.4 Å². The van der Waals surface area contributed by atoms with Crippen molar-refractivity contribution in [1.82, 2.24) is 9.97 Å². The van der Waals surface area contributed by atoms with Gasteiger partial charge in [-0.2, -0.15) is 0 Å². The van der Waals surface area contributed by atoms with Crippen LogP contribution < -0.4 is 5.32 Å². The maximum absolute atomic E-state index is 9.53. The van der Waals surface area contributed by atoms with E-state index in [1.807, 2.05) is 13.1 Å². The molecule has 0 radical (unpaired) electrons. The molecule has 2 N–H and O–H groups in total. The van der Waals surface area contributed by atoms with Crippen LogP contribution >= 0.6 is 11.6 Å². The quantitative estimate of drug-likeness (QED) is 0.892. The molecule has 1 aliphatic rings. The second kappa shape index (κ2) is 5.90. The highest BCUT2D eigenvalue weighted by atomic mass is 35.5. The van der Waals surface area contributed by atoms with Crippen LogP contribution in [0.2, 0.25) is 5.02 Å². The third-order valence-electron chi connectivity index (χ3n) is 3.98. The molecule has 0 aliphatic heterocycles. The van der Waals surface area contributed by atoms with Crippen LogP contribution in [0.3, 0.4) is 0 Å². The molecule has 5 heteroatoms. The van der Waals surface area contributed by atoms with Crippen molar-refractivity contribution in [3.8, 4) is 17.1 Å². The van der Waals surface area contributed by atoms with E-state index in [4.69, 9.17) is 16.6 Å². The van der Waals surface area contributed by atoms with E-state index in [0.717, 1.165) is 17.1 Å². The molecule has 4 nitrogen and oxygen atoms in total. The zero-order valence-electron chi connectivity index (χ0n) is 11.9. The second-order valence-corrected chi connectivity index (χ2v) is 5.81. The van der Waals surface area contributed by atoms with Gasteiger partial charge in [-0.25, -0.2) is 9.97 Å². The van der Waals surface area contributed by atoms with Crippen molar-refractivity contribution in [2.45, 2.75) is 31.6 Å². The normalized spacial score (nSPS) is 15.3. The van der Waals surface area contributed by atoms with E-state index in [1.165, 1.54) is 25.7 Å². The second-order valence-electron chi connectivity index (χ2n) is 5.40. The number of aromatic nitrogens is 2. The van der Waals surface area contributed by atoms with Crippen molar-refractivity contribution < 1.29 is 5.11 Å². The summed E-state index contributed by atoms with van der Waals surface area (Å²) in [7, 11) is 1.86. The van der Waals surface area contributed by atoms with E-state index >= 15 is 0 Å². The number of phenols is 1. The lowest BCUT2D eigenvalue weighted by Crippen LogP contribution is -2.03. The van der Waals surface area contributed by atoms with Gasteiger partial charge in [0.25, 0.3) is 0 Å². The molecule has 1 saturated carbocycles. The van der Waals surface area contributed by atoms with Gasteiger partial charge in [-0.15, -0.1) is 0 Å². The van der Waals surface area contributed by atoms with Crippen LogP contribution in [0.4, 0.5) is 5.82 Å². The Labute approximate surface area is 129 Å². The molecule has 1 aromatic heterocycles. The van der Waals surface area contributed by atoms with Crippen molar-refractivity contribution in [2.75, 3.05) is 12.4 Å². The minimum absolute atomic E-state index is 0.0706. The van der Waals surface area contributed by atoms with Gasteiger partial charge in [0.15, 0.2) is 5.82 Å². The van der Waals surface area contributed by atoms with Gasteiger partial charge >= 0.3 is 0 Å². The molecule has 1 heterocycles. The third-order valence-corrected chi connectivity index (χ3v) is 4.28. The molecule has 3 rings (SSSR count). The Morgan fingerprint density at radius 2 is 1.95 bits per heavy atom. The third kappa shape index (κ3) is 2.95. The lowest BCUT2D eigenvalue weighted by Gasteiger charge is -2.12. The van der Waals surface area contributed by atoms with Crippen molar-refractivity contribution >= 4 is 17.4 Å². The molecule has 110 valence electrons. The summed E-state index contributed by atoms with van der Waals surface area (Å²) in [5.41, 5.74) is 1.90. The number of hydrogen-bond donors (Lipinski definition) is 2. The maximum Gasteiger partial charge on any atom is 0.161 e. The van der Waals surface area contributed by atoms with Crippen molar-refractivity contribution in [3.05, 3.63) is 35.0 Å². The van der Waals surface area contributed by atoms with Crippen LogP contribution in [0.5, 0.6) is 5.75 Å². The Bertz CT molecular complexity index is 654. The van der Waals surface area contributed by atoms with Crippen molar-refractivity contribution in [2.24, 2.45) is 0 Å². The molecule has 1 aromatic carbocycles. The number of aromatic hydroxyl groups is 1. The summed E-state index contributed by atoms with van der Waals surface area (Å²) in [6.45, 7) is 0.